The second-order valence-corrected chi connectivity index (χ2v) is 8.95. The first-order chi connectivity index (χ1) is 16.7. The molecule has 34 heavy (non-hydrogen) atoms. The minimum Gasteiger partial charge on any atom is -0.489 e. The molecule has 2 heterocycles. The minimum absolute atomic E-state index is 0.118. The number of H-pyrrole nitrogens is 1. The van der Waals surface area contributed by atoms with E-state index >= 15 is 0 Å². The number of pyridine rings is 1. The van der Waals surface area contributed by atoms with E-state index in [1.54, 1.807) is 18.2 Å². The van der Waals surface area contributed by atoms with Gasteiger partial charge < -0.3 is 14.6 Å². The van der Waals surface area contributed by atoms with Crippen LogP contribution in [-0.4, -0.2) is 28.9 Å². The lowest BCUT2D eigenvalue weighted by Gasteiger charge is -2.32. The first-order valence-corrected chi connectivity index (χ1v) is 11.8. The van der Waals surface area contributed by atoms with Crippen LogP contribution in [0.25, 0.3) is 10.9 Å². The molecule has 1 saturated heterocycles. The summed E-state index contributed by atoms with van der Waals surface area (Å²) in [6.07, 6.45) is 2.98. The maximum atomic E-state index is 13.2. The van der Waals surface area contributed by atoms with Crippen molar-refractivity contribution in [2.75, 3.05) is 13.1 Å². The molecule has 172 valence electrons. The fourth-order valence-corrected chi connectivity index (χ4v) is 4.64. The smallest absolute Gasteiger partial charge is 0.270 e. The van der Waals surface area contributed by atoms with E-state index in [4.69, 9.17) is 4.74 Å². The summed E-state index contributed by atoms with van der Waals surface area (Å²) in [5, 5.41) is 0.546. The van der Waals surface area contributed by atoms with Gasteiger partial charge in [-0.05, 0) is 48.4 Å². The van der Waals surface area contributed by atoms with E-state index in [0.29, 0.717) is 48.0 Å². The Balaban J connectivity index is 1.27. The molecular weight excluding hydrogens is 424 g/mol. The number of hydrogen-bond acceptors (Lipinski definition) is 3. The number of aromatic nitrogens is 1. The van der Waals surface area contributed by atoms with E-state index in [1.165, 1.54) is 11.6 Å². The molecule has 4 aromatic rings. The van der Waals surface area contributed by atoms with Crippen molar-refractivity contribution in [2.45, 2.75) is 25.9 Å². The highest BCUT2D eigenvalue weighted by Gasteiger charge is 2.24. The number of aromatic amines is 1. The van der Waals surface area contributed by atoms with Gasteiger partial charge in [-0.1, -0.05) is 60.7 Å². The number of nitrogens with one attached hydrogen (secondary N) is 1. The number of nitrogens with zero attached hydrogens (tertiary/aromatic N) is 1. The van der Waals surface area contributed by atoms with Crippen LogP contribution in [0.15, 0.2) is 89.7 Å². The third-order valence-corrected chi connectivity index (χ3v) is 6.55. The number of carbonyl (C=O) groups excluding carboxylic acids is 1. The molecule has 1 amide bonds. The fraction of sp³-hybridized carbons (Fsp3) is 0.241. The Morgan fingerprint density at radius 3 is 2.26 bits per heavy atom. The van der Waals surface area contributed by atoms with Gasteiger partial charge in [0.25, 0.3) is 5.91 Å². The SMILES string of the molecule is O=C(c1cc(=O)c2ccc(OCc3ccccc3)cc2[nH]1)N1CCC(Cc2ccccc2)CC1. The molecule has 3 aromatic carbocycles. The Labute approximate surface area is 199 Å². The van der Waals surface area contributed by atoms with Crippen LogP contribution < -0.4 is 10.2 Å². The Bertz CT molecular complexity index is 1320. The standard InChI is InChI=1S/C29H28N2O3/c32-28-19-27(29(33)31-15-13-22(14-16-31)17-21-7-3-1-4-8-21)30-26-18-24(11-12-25(26)28)34-20-23-9-5-2-6-10-23/h1-12,18-19,22H,13-17,20H2,(H,30,32). The molecule has 5 nitrogen and oxygen atoms in total. The molecule has 0 saturated carbocycles. The van der Waals surface area contributed by atoms with Crippen molar-refractivity contribution in [3.8, 4) is 5.75 Å². The summed E-state index contributed by atoms with van der Waals surface area (Å²) in [5.74, 6) is 1.11. The van der Waals surface area contributed by atoms with Crippen LogP contribution in [0.1, 0.15) is 34.5 Å². The monoisotopic (exact) mass is 452 g/mol. The molecule has 1 aliphatic rings. The van der Waals surface area contributed by atoms with Crippen LogP contribution in [0.2, 0.25) is 0 Å². The normalized spacial score (nSPS) is 14.3. The van der Waals surface area contributed by atoms with Crippen molar-refractivity contribution in [1.29, 1.82) is 0 Å². The Kier molecular flexibility index (Phi) is 6.43. The molecule has 1 N–H and O–H groups in total. The average Bonchev–Trinajstić information content (AvgIpc) is 2.88. The van der Waals surface area contributed by atoms with Gasteiger partial charge in [0.2, 0.25) is 0 Å². The van der Waals surface area contributed by atoms with Gasteiger partial charge in [-0.15, -0.1) is 0 Å². The Morgan fingerprint density at radius 1 is 0.882 bits per heavy atom. The molecule has 5 rings (SSSR count). The molecule has 1 aliphatic heterocycles. The van der Waals surface area contributed by atoms with Gasteiger partial charge in [0.15, 0.2) is 5.43 Å². The van der Waals surface area contributed by atoms with Crippen LogP contribution in [0, 0.1) is 5.92 Å². The number of rotatable bonds is 6. The van der Waals surface area contributed by atoms with Gasteiger partial charge in [-0.3, -0.25) is 9.59 Å². The first kappa shape index (κ1) is 22.0. The topological polar surface area (TPSA) is 62.4 Å². The predicted molar refractivity (Wildman–Crippen MR) is 134 cm³/mol. The van der Waals surface area contributed by atoms with Crippen LogP contribution >= 0.6 is 0 Å². The number of amides is 1. The molecule has 1 aromatic heterocycles. The number of benzene rings is 3. The maximum Gasteiger partial charge on any atom is 0.270 e. The highest BCUT2D eigenvalue weighted by molar-refractivity contribution is 5.95. The fourth-order valence-electron chi connectivity index (χ4n) is 4.64. The van der Waals surface area contributed by atoms with Crippen molar-refractivity contribution in [1.82, 2.24) is 9.88 Å². The molecule has 1 fully saturated rings. The van der Waals surface area contributed by atoms with Gasteiger partial charge in [0, 0.05) is 30.6 Å². The molecule has 0 radical (unpaired) electrons. The molecule has 0 bridgehead atoms. The van der Waals surface area contributed by atoms with Crippen molar-refractivity contribution in [3.05, 3.63) is 112 Å². The van der Waals surface area contributed by atoms with Crippen LogP contribution in [0.4, 0.5) is 0 Å². The van der Waals surface area contributed by atoms with Gasteiger partial charge in [0.05, 0.1) is 5.52 Å². The summed E-state index contributed by atoms with van der Waals surface area (Å²) >= 11 is 0. The number of likely N-dealkylation sites (tertiary alicyclic amines) is 1. The van der Waals surface area contributed by atoms with E-state index in [1.807, 2.05) is 41.3 Å². The highest BCUT2D eigenvalue weighted by Crippen LogP contribution is 2.23. The summed E-state index contributed by atoms with van der Waals surface area (Å²) in [4.78, 5) is 30.9. The lowest BCUT2D eigenvalue weighted by atomic mass is 9.90. The van der Waals surface area contributed by atoms with E-state index in [-0.39, 0.29) is 11.3 Å². The van der Waals surface area contributed by atoms with Crippen molar-refractivity contribution < 1.29 is 9.53 Å². The van der Waals surface area contributed by atoms with E-state index < -0.39 is 0 Å². The molecular formula is C29H28N2O3. The third-order valence-electron chi connectivity index (χ3n) is 6.55. The number of fused-ring (bicyclic) bond motifs is 1. The van der Waals surface area contributed by atoms with Gasteiger partial charge >= 0.3 is 0 Å². The van der Waals surface area contributed by atoms with E-state index in [2.05, 4.69) is 29.2 Å². The summed E-state index contributed by atoms with van der Waals surface area (Å²) in [5.41, 5.74) is 3.19. The quantitative estimate of drug-likeness (QED) is 0.437. The Hall–Kier alpha value is -3.86. The largest absolute Gasteiger partial charge is 0.489 e. The van der Waals surface area contributed by atoms with Gasteiger partial charge in [-0.25, -0.2) is 0 Å². The van der Waals surface area contributed by atoms with Crippen LogP contribution in [0.3, 0.4) is 0 Å². The number of carbonyl (C=O) groups is 1. The minimum atomic E-state index is -0.161. The zero-order valence-electron chi connectivity index (χ0n) is 19.1. The summed E-state index contributed by atoms with van der Waals surface area (Å²) in [6.45, 7) is 1.85. The molecule has 0 atom stereocenters. The molecule has 0 spiro atoms. The lowest BCUT2D eigenvalue weighted by Crippen LogP contribution is -2.39. The van der Waals surface area contributed by atoms with Gasteiger partial charge in [-0.2, -0.15) is 0 Å². The molecule has 0 aliphatic carbocycles. The summed E-state index contributed by atoms with van der Waals surface area (Å²) in [7, 11) is 0. The number of piperidine rings is 1. The first-order valence-electron chi connectivity index (χ1n) is 11.8. The van der Waals surface area contributed by atoms with Crippen LogP contribution in [0.5, 0.6) is 5.75 Å². The van der Waals surface area contributed by atoms with E-state index in [9.17, 15) is 9.59 Å². The Morgan fingerprint density at radius 2 is 1.56 bits per heavy atom. The van der Waals surface area contributed by atoms with E-state index in [0.717, 1.165) is 24.8 Å². The van der Waals surface area contributed by atoms with Crippen molar-refractivity contribution in [3.63, 3.8) is 0 Å². The zero-order valence-corrected chi connectivity index (χ0v) is 19.1. The van der Waals surface area contributed by atoms with Crippen molar-refractivity contribution >= 4 is 16.8 Å². The summed E-state index contributed by atoms with van der Waals surface area (Å²) in [6, 6.07) is 27.2. The van der Waals surface area contributed by atoms with Gasteiger partial charge in [0.1, 0.15) is 18.1 Å². The number of ether oxygens (including phenoxy) is 1. The lowest BCUT2D eigenvalue weighted by molar-refractivity contribution is 0.0685. The third kappa shape index (κ3) is 5.04. The number of hydrogen-bond donors (Lipinski definition) is 1. The van der Waals surface area contributed by atoms with Crippen molar-refractivity contribution in [2.24, 2.45) is 5.92 Å². The summed E-state index contributed by atoms with van der Waals surface area (Å²) < 4.78 is 5.90. The average molecular weight is 453 g/mol. The maximum absolute atomic E-state index is 13.2. The second kappa shape index (κ2) is 9.96. The highest BCUT2D eigenvalue weighted by atomic mass is 16.5. The predicted octanol–water partition coefficient (Wildman–Crippen LogP) is 5.20. The van der Waals surface area contributed by atoms with Crippen LogP contribution in [-0.2, 0) is 13.0 Å². The second-order valence-electron chi connectivity index (χ2n) is 8.95. The molecule has 5 heteroatoms. The molecule has 0 unspecified atom stereocenters. The zero-order chi connectivity index (χ0) is 23.3.